The molecule has 0 aliphatic heterocycles. The Morgan fingerprint density at radius 2 is 0.512 bits per heavy atom. The summed E-state index contributed by atoms with van der Waals surface area (Å²) in [7, 11) is 0. The lowest BCUT2D eigenvalue weighted by Crippen LogP contribution is -2.49. The van der Waals surface area contributed by atoms with Crippen LogP contribution in [0.1, 0.15) is 91.9 Å². The van der Waals surface area contributed by atoms with Crippen LogP contribution < -0.4 is 21.3 Å². The first-order chi connectivity index (χ1) is 41.6. The quantitative estimate of drug-likeness (QED) is 0.0498. The third-order valence-electron chi connectivity index (χ3n) is 11.6. The smallest absolute Gasteiger partial charge is 0.114 e. The van der Waals surface area contributed by atoms with Crippen molar-refractivity contribution in [1.82, 2.24) is 21.3 Å². The predicted octanol–water partition coefficient (Wildman–Crippen LogP) is 3.76. The van der Waals surface area contributed by atoms with Crippen molar-refractivity contribution in [2.45, 2.75) is 129 Å². The average molecular weight is 1210 g/mol. The van der Waals surface area contributed by atoms with Gasteiger partial charge in [-0.1, -0.05) is 0 Å². The molecule has 0 aliphatic rings. The van der Waals surface area contributed by atoms with Gasteiger partial charge in [0.15, 0.2) is 0 Å². The number of nitrogens with zero attached hydrogens (tertiary/aromatic N) is 4. The Bertz CT molecular complexity index is 1520. The first-order valence-corrected chi connectivity index (χ1v) is 30.5. The Hall–Kier alpha value is -2.92. The summed E-state index contributed by atoms with van der Waals surface area (Å²) in [5, 5.41) is 48.9. The SMILES string of the molecule is CCOCNCCOCC(OCCNCOCC)C(OCCNCOCC)C(COCCCCOCC(OCCOCCCC#N)C(OCCOCCCC#N)C(COCCOCCCC#N)OCCOCCCC#N)OCCNCOCC. The van der Waals surface area contributed by atoms with Gasteiger partial charge in [-0.3, -0.25) is 21.3 Å². The van der Waals surface area contributed by atoms with Gasteiger partial charge >= 0.3 is 0 Å². The van der Waals surface area contributed by atoms with Crippen molar-refractivity contribution in [3.63, 3.8) is 0 Å². The molecule has 0 spiro atoms. The van der Waals surface area contributed by atoms with Crippen molar-refractivity contribution in [2.24, 2.45) is 0 Å². The van der Waals surface area contributed by atoms with Crippen LogP contribution in [-0.2, 0) is 85.3 Å². The van der Waals surface area contributed by atoms with Crippen molar-refractivity contribution in [2.75, 3.05) is 225 Å². The fourth-order valence-electron chi connectivity index (χ4n) is 7.33. The van der Waals surface area contributed by atoms with Gasteiger partial charge in [-0.05, 0) is 66.2 Å². The van der Waals surface area contributed by atoms with Crippen LogP contribution in [0.15, 0.2) is 0 Å². The lowest BCUT2D eigenvalue weighted by Gasteiger charge is -2.34. The Labute approximate surface area is 503 Å². The van der Waals surface area contributed by atoms with Gasteiger partial charge in [0.1, 0.15) is 36.6 Å². The maximum absolute atomic E-state index is 9.01. The zero-order chi connectivity index (χ0) is 61.0. The molecule has 84 heavy (non-hydrogen) atoms. The molecule has 4 N–H and O–H groups in total. The topological polar surface area (TPSA) is 309 Å². The second-order valence-electron chi connectivity index (χ2n) is 18.4. The summed E-state index contributed by atoms with van der Waals surface area (Å²) in [5.41, 5.74) is 0. The lowest BCUT2D eigenvalue weighted by molar-refractivity contribution is -0.180. The number of rotatable bonds is 71. The number of hydrogen-bond acceptors (Lipinski definition) is 26. The van der Waals surface area contributed by atoms with E-state index in [4.69, 9.17) is 106 Å². The number of nitriles is 4. The molecular weight excluding hydrogens is 1100 g/mol. The summed E-state index contributed by atoms with van der Waals surface area (Å²) >= 11 is 0. The molecule has 6 atom stereocenters. The fourth-order valence-corrected chi connectivity index (χ4v) is 7.33. The number of hydrogen-bond donors (Lipinski definition) is 4. The van der Waals surface area contributed by atoms with Gasteiger partial charge in [-0.25, -0.2) is 0 Å². The van der Waals surface area contributed by atoms with Crippen molar-refractivity contribution >= 4 is 0 Å². The third kappa shape index (κ3) is 54.5. The highest BCUT2D eigenvalue weighted by molar-refractivity contribution is 4.83. The zero-order valence-corrected chi connectivity index (χ0v) is 51.7. The van der Waals surface area contributed by atoms with Crippen LogP contribution in [0.5, 0.6) is 0 Å². The minimum Gasteiger partial charge on any atom is -0.379 e. The maximum atomic E-state index is 9.01. The van der Waals surface area contributed by atoms with Gasteiger partial charge in [0, 0.05) is 118 Å². The van der Waals surface area contributed by atoms with E-state index in [1.165, 1.54) is 0 Å². The van der Waals surface area contributed by atoms with Crippen LogP contribution in [0.25, 0.3) is 0 Å². The Balaban J connectivity index is 6.44. The molecule has 0 aromatic rings. The van der Waals surface area contributed by atoms with E-state index in [1.807, 2.05) is 27.7 Å². The van der Waals surface area contributed by atoms with Crippen LogP contribution in [0, 0.1) is 45.3 Å². The van der Waals surface area contributed by atoms with Crippen LogP contribution in [0.2, 0.25) is 0 Å². The van der Waals surface area contributed by atoms with Crippen LogP contribution in [0.4, 0.5) is 0 Å². The highest BCUT2D eigenvalue weighted by atomic mass is 16.6. The van der Waals surface area contributed by atoms with E-state index in [9.17, 15) is 0 Å². The molecule has 6 unspecified atom stereocenters. The Morgan fingerprint density at radius 1 is 0.262 bits per heavy atom. The molecule has 0 saturated carbocycles. The van der Waals surface area contributed by atoms with E-state index in [1.54, 1.807) is 0 Å². The molecular formula is C58H110N8O18. The second kappa shape index (κ2) is 69.2. The molecule has 26 nitrogen and oxygen atoms in total. The van der Waals surface area contributed by atoms with Crippen molar-refractivity contribution in [3.05, 3.63) is 0 Å². The summed E-state index contributed by atoms with van der Waals surface area (Å²) in [6, 6.07) is 8.53. The Kier molecular flexibility index (Phi) is 66.8. The fraction of sp³-hybridized carbons (Fsp3) is 0.931. The molecule has 0 heterocycles. The maximum Gasteiger partial charge on any atom is 0.114 e. The van der Waals surface area contributed by atoms with Crippen molar-refractivity contribution < 1.29 is 85.3 Å². The number of ether oxygens (including phenoxy) is 18. The van der Waals surface area contributed by atoms with Gasteiger partial charge in [-0.2, -0.15) is 21.0 Å². The van der Waals surface area contributed by atoms with Gasteiger partial charge in [0.05, 0.1) is 157 Å². The predicted molar refractivity (Wildman–Crippen MR) is 312 cm³/mol. The molecule has 490 valence electrons. The van der Waals surface area contributed by atoms with E-state index in [0.29, 0.717) is 216 Å². The summed E-state index contributed by atoms with van der Waals surface area (Å²) in [6.45, 7) is 20.7. The molecule has 0 aromatic heterocycles. The molecule has 26 heteroatoms. The van der Waals surface area contributed by atoms with Crippen molar-refractivity contribution in [3.8, 4) is 24.3 Å². The van der Waals surface area contributed by atoms with Crippen LogP contribution in [0.3, 0.4) is 0 Å². The third-order valence-corrected chi connectivity index (χ3v) is 11.6. The standard InChI is InChI=1S/C58H110N8O18/c1-5-67-49-63-23-33-77-47-54(80-35-25-65-51-69-7-3)57(83-36-26-66-52-70-8-4)53(79-34-24-64-50-68-6-2)45-75-31-17-18-32-76-46-55(81-42-39-72-28-14-10-20-60)58(84-44-41-74-30-16-12-22-62)56(82-43-40-73-29-15-11-21-61)48-78-38-37-71-27-13-9-19-59/h53-58,63-66H,5-18,23-52H2,1-4H3. The summed E-state index contributed by atoms with van der Waals surface area (Å²) in [6.07, 6.45) is 1.64. The minimum absolute atomic E-state index is 0.120. The van der Waals surface area contributed by atoms with Crippen LogP contribution in [-0.4, -0.2) is 262 Å². The molecule has 0 amide bonds. The van der Waals surface area contributed by atoms with E-state index >= 15 is 0 Å². The van der Waals surface area contributed by atoms with Gasteiger partial charge in [-0.15, -0.1) is 0 Å². The van der Waals surface area contributed by atoms with Gasteiger partial charge in [0.2, 0.25) is 0 Å². The summed E-state index contributed by atoms with van der Waals surface area (Å²) in [4.78, 5) is 0. The molecule has 0 aliphatic carbocycles. The molecule has 0 rings (SSSR count). The van der Waals surface area contributed by atoms with Crippen molar-refractivity contribution in [1.29, 1.82) is 21.0 Å². The molecule has 0 aromatic carbocycles. The Morgan fingerprint density at radius 3 is 0.857 bits per heavy atom. The van der Waals surface area contributed by atoms with E-state index in [0.717, 1.165) is 0 Å². The summed E-state index contributed by atoms with van der Waals surface area (Å²) in [5.74, 6) is 0. The first kappa shape index (κ1) is 81.1. The molecule has 0 fully saturated rings. The highest BCUT2D eigenvalue weighted by Crippen LogP contribution is 2.18. The number of unbranched alkanes of at least 4 members (excludes halogenated alkanes) is 5. The lowest BCUT2D eigenvalue weighted by atomic mass is 10.1. The van der Waals surface area contributed by atoms with Crippen LogP contribution >= 0.6 is 0 Å². The first-order valence-electron chi connectivity index (χ1n) is 30.5. The van der Waals surface area contributed by atoms with E-state index in [-0.39, 0.29) is 72.7 Å². The van der Waals surface area contributed by atoms with E-state index < -0.39 is 36.6 Å². The average Bonchev–Trinajstić information content (AvgIpc) is 3.68. The van der Waals surface area contributed by atoms with Gasteiger partial charge in [0.25, 0.3) is 0 Å². The monoisotopic (exact) mass is 1210 g/mol. The second-order valence-corrected chi connectivity index (χ2v) is 18.4. The molecule has 0 radical (unpaired) electrons. The van der Waals surface area contributed by atoms with Gasteiger partial charge < -0.3 is 85.3 Å². The molecule has 0 bridgehead atoms. The minimum atomic E-state index is -0.715. The number of nitrogens with one attached hydrogen (secondary N) is 4. The highest BCUT2D eigenvalue weighted by Gasteiger charge is 2.35. The molecule has 0 saturated heterocycles. The zero-order valence-electron chi connectivity index (χ0n) is 51.7. The summed E-state index contributed by atoms with van der Waals surface area (Å²) < 4.78 is 109. The normalized spacial score (nSPS) is 13.7. The largest absolute Gasteiger partial charge is 0.379 e. The van der Waals surface area contributed by atoms with E-state index in [2.05, 4.69) is 45.5 Å².